The van der Waals surface area contributed by atoms with Gasteiger partial charge >= 0.3 is 6.09 Å². The fraction of sp³-hybridized carbons (Fsp3) is 0.281. The quantitative estimate of drug-likeness (QED) is 0.290. The molecule has 4 aromatic rings. The van der Waals surface area contributed by atoms with Crippen LogP contribution in [0.3, 0.4) is 0 Å². The van der Waals surface area contributed by atoms with Crippen molar-refractivity contribution in [3.05, 3.63) is 112 Å². The second kappa shape index (κ2) is 12.2. The molecule has 1 aliphatic heterocycles. The number of fused-ring (bicyclic) bond motifs is 1. The summed E-state index contributed by atoms with van der Waals surface area (Å²) in [4.78, 5) is 41.5. The van der Waals surface area contributed by atoms with Crippen LogP contribution in [0, 0.1) is 0 Å². The molecule has 0 saturated carbocycles. The molecule has 0 bridgehead atoms. The molecule has 40 heavy (non-hydrogen) atoms. The molecule has 8 nitrogen and oxygen atoms in total. The Morgan fingerprint density at radius 2 is 1.50 bits per heavy atom. The second-order valence-electron chi connectivity index (χ2n) is 10.2. The van der Waals surface area contributed by atoms with Crippen LogP contribution in [0.25, 0.3) is 16.5 Å². The minimum Gasteiger partial charge on any atom is -0.465 e. The fourth-order valence-electron chi connectivity index (χ4n) is 5.61. The predicted octanol–water partition coefficient (Wildman–Crippen LogP) is 5.10. The number of para-hydroxylation sites is 1. The van der Waals surface area contributed by atoms with E-state index in [2.05, 4.69) is 15.5 Å². The van der Waals surface area contributed by atoms with Crippen LogP contribution in [0.1, 0.15) is 53.8 Å². The van der Waals surface area contributed by atoms with Gasteiger partial charge in [0.15, 0.2) is 0 Å². The minimum atomic E-state index is -1.02. The molecule has 2 heterocycles. The Kier molecular flexibility index (Phi) is 8.26. The molecule has 3 aromatic carbocycles. The molecule has 1 aliphatic rings. The molecule has 1 unspecified atom stereocenters. The summed E-state index contributed by atoms with van der Waals surface area (Å²) in [7, 11) is 0. The van der Waals surface area contributed by atoms with Crippen LogP contribution in [-0.2, 0) is 6.54 Å². The van der Waals surface area contributed by atoms with E-state index in [4.69, 9.17) is 5.11 Å². The van der Waals surface area contributed by atoms with E-state index in [0.717, 1.165) is 5.56 Å². The van der Waals surface area contributed by atoms with E-state index in [0.29, 0.717) is 66.6 Å². The molecular weight excluding hydrogens is 504 g/mol. The molecular formula is C32H34N4O4. The molecule has 1 aromatic heterocycles. The summed E-state index contributed by atoms with van der Waals surface area (Å²) in [6.07, 6.45) is 1.01. The van der Waals surface area contributed by atoms with Gasteiger partial charge < -0.3 is 15.7 Å². The number of nitrogens with one attached hydrogen (secondary N) is 2. The van der Waals surface area contributed by atoms with E-state index in [1.165, 1.54) is 0 Å². The third-order valence-corrected chi connectivity index (χ3v) is 7.63. The largest absolute Gasteiger partial charge is 0.465 e. The molecule has 2 amide bonds. The molecule has 0 radical (unpaired) electrons. The van der Waals surface area contributed by atoms with Gasteiger partial charge in [-0.05, 0) is 43.0 Å². The van der Waals surface area contributed by atoms with E-state index >= 15 is 0 Å². The molecule has 1 atom stereocenters. The van der Waals surface area contributed by atoms with Crippen molar-refractivity contribution < 1.29 is 14.7 Å². The van der Waals surface area contributed by atoms with Crippen molar-refractivity contribution in [1.82, 2.24) is 20.1 Å². The first-order valence-corrected chi connectivity index (χ1v) is 13.8. The van der Waals surface area contributed by atoms with Crippen LogP contribution < -0.4 is 16.2 Å². The van der Waals surface area contributed by atoms with Gasteiger partial charge in [0, 0.05) is 42.1 Å². The Hall–Kier alpha value is -4.43. The maximum atomic E-state index is 14.2. The lowest BCUT2D eigenvalue weighted by Crippen LogP contribution is -2.44. The number of benzene rings is 3. The lowest BCUT2D eigenvalue weighted by atomic mass is 9.98. The molecule has 0 spiro atoms. The van der Waals surface area contributed by atoms with E-state index in [-0.39, 0.29) is 23.6 Å². The van der Waals surface area contributed by atoms with Crippen molar-refractivity contribution >= 4 is 22.8 Å². The number of carbonyl (C=O) groups is 2. The number of hydrogen-bond acceptors (Lipinski definition) is 4. The van der Waals surface area contributed by atoms with Gasteiger partial charge in [-0.25, -0.2) is 4.79 Å². The van der Waals surface area contributed by atoms with Crippen molar-refractivity contribution in [1.29, 1.82) is 0 Å². The third kappa shape index (κ3) is 5.77. The normalized spacial score (nSPS) is 15.0. The number of rotatable bonds is 8. The molecule has 206 valence electrons. The highest BCUT2D eigenvalue weighted by Gasteiger charge is 2.28. The SMILES string of the molecule is CCC(NC(=O)c1c(CN2CCC(NC(=O)O)CC2)n(-c2ccccc2)c(=O)c2ccccc12)c1ccccc1. The summed E-state index contributed by atoms with van der Waals surface area (Å²) < 4.78 is 1.67. The Morgan fingerprint density at radius 3 is 2.12 bits per heavy atom. The van der Waals surface area contributed by atoms with E-state index < -0.39 is 6.09 Å². The molecule has 1 saturated heterocycles. The van der Waals surface area contributed by atoms with Gasteiger partial charge in [-0.3, -0.25) is 19.1 Å². The number of carboxylic acid groups (broad SMARTS) is 1. The smallest absolute Gasteiger partial charge is 0.404 e. The number of piperidine rings is 1. The molecule has 0 aliphatic carbocycles. The van der Waals surface area contributed by atoms with Crippen LogP contribution in [-0.4, -0.2) is 45.7 Å². The molecule has 8 heteroatoms. The second-order valence-corrected chi connectivity index (χ2v) is 10.2. The maximum absolute atomic E-state index is 14.2. The maximum Gasteiger partial charge on any atom is 0.404 e. The summed E-state index contributed by atoms with van der Waals surface area (Å²) in [6, 6.07) is 26.3. The van der Waals surface area contributed by atoms with Crippen molar-refractivity contribution in [2.75, 3.05) is 13.1 Å². The molecule has 5 rings (SSSR count). The Morgan fingerprint density at radius 1 is 0.900 bits per heavy atom. The number of amides is 2. The van der Waals surface area contributed by atoms with Gasteiger partial charge in [0.25, 0.3) is 11.5 Å². The average Bonchev–Trinajstić information content (AvgIpc) is 2.98. The highest BCUT2D eigenvalue weighted by molar-refractivity contribution is 6.08. The summed E-state index contributed by atoms with van der Waals surface area (Å²) >= 11 is 0. The fourth-order valence-corrected chi connectivity index (χ4v) is 5.61. The summed E-state index contributed by atoms with van der Waals surface area (Å²) in [6.45, 7) is 3.70. The van der Waals surface area contributed by atoms with Gasteiger partial charge in [-0.2, -0.15) is 0 Å². The van der Waals surface area contributed by atoms with E-state index in [1.54, 1.807) is 10.6 Å². The van der Waals surface area contributed by atoms with Crippen LogP contribution in [0.5, 0.6) is 0 Å². The first-order valence-electron chi connectivity index (χ1n) is 13.8. The van der Waals surface area contributed by atoms with Gasteiger partial charge in [0.05, 0.1) is 17.3 Å². The lowest BCUT2D eigenvalue weighted by Gasteiger charge is -2.33. The van der Waals surface area contributed by atoms with Crippen LogP contribution in [0.15, 0.2) is 89.7 Å². The highest BCUT2D eigenvalue weighted by Crippen LogP contribution is 2.27. The van der Waals surface area contributed by atoms with Crippen LogP contribution in [0.2, 0.25) is 0 Å². The van der Waals surface area contributed by atoms with E-state index in [1.807, 2.05) is 85.8 Å². The predicted molar refractivity (Wildman–Crippen MR) is 156 cm³/mol. The van der Waals surface area contributed by atoms with Gasteiger partial charge in [0.1, 0.15) is 0 Å². The number of pyridine rings is 1. The Bertz CT molecular complexity index is 1540. The first kappa shape index (κ1) is 27.1. The summed E-state index contributed by atoms with van der Waals surface area (Å²) in [5.74, 6) is -0.228. The number of aromatic nitrogens is 1. The zero-order valence-electron chi connectivity index (χ0n) is 22.5. The van der Waals surface area contributed by atoms with E-state index in [9.17, 15) is 14.4 Å². The molecule has 3 N–H and O–H groups in total. The van der Waals surface area contributed by atoms with Crippen LogP contribution in [0.4, 0.5) is 4.79 Å². The Balaban J connectivity index is 1.62. The summed E-state index contributed by atoms with van der Waals surface area (Å²) in [5, 5.41) is 16.1. The lowest BCUT2D eigenvalue weighted by molar-refractivity contribution is 0.0933. The van der Waals surface area contributed by atoms with Crippen molar-refractivity contribution in [2.24, 2.45) is 0 Å². The van der Waals surface area contributed by atoms with Gasteiger partial charge in [-0.15, -0.1) is 0 Å². The molecule has 1 fully saturated rings. The van der Waals surface area contributed by atoms with Crippen molar-refractivity contribution in [3.63, 3.8) is 0 Å². The Labute approximate surface area is 233 Å². The van der Waals surface area contributed by atoms with Gasteiger partial charge in [-0.1, -0.05) is 73.7 Å². The topological polar surface area (TPSA) is 104 Å². The number of carbonyl (C=O) groups excluding carboxylic acids is 1. The standard InChI is InChI=1S/C32H34N4O4/c1-2-27(22-11-5-3-6-12-22)34-30(37)29-25-15-9-10-16-26(25)31(38)36(24-13-7-4-8-14-24)28(29)21-35-19-17-23(18-20-35)33-32(39)40/h3-16,23,27,33H,2,17-21H2,1H3,(H,34,37)(H,39,40). The number of hydrogen-bond donors (Lipinski definition) is 3. The average molecular weight is 539 g/mol. The van der Waals surface area contributed by atoms with Crippen molar-refractivity contribution in [3.8, 4) is 5.69 Å². The number of nitrogens with zero attached hydrogens (tertiary/aromatic N) is 2. The summed E-state index contributed by atoms with van der Waals surface area (Å²) in [5.41, 5.74) is 2.65. The zero-order valence-corrected chi connectivity index (χ0v) is 22.5. The highest BCUT2D eigenvalue weighted by atomic mass is 16.4. The van der Waals surface area contributed by atoms with Gasteiger partial charge in [0.2, 0.25) is 0 Å². The van der Waals surface area contributed by atoms with Crippen molar-refractivity contribution in [2.45, 2.75) is 44.8 Å². The monoisotopic (exact) mass is 538 g/mol. The van der Waals surface area contributed by atoms with Crippen LogP contribution >= 0.6 is 0 Å². The number of likely N-dealkylation sites (tertiary alicyclic amines) is 1. The zero-order chi connectivity index (χ0) is 28.1. The first-order chi connectivity index (χ1) is 19.5. The minimum absolute atomic E-state index is 0.111. The third-order valence-electron chi connectivity index (χ3n) is 7.63.